The third-order valence-corrected chi connectivity index (χ3v) is 3.82. The second kappa shape index (κ2) is 4.63. The van der Waals surface area contributed by atoms with Gasteiger partial charge in [0.05, 0.1) is 0 Å². The van der Waals surface area contributed by atoms with Gasteiger partial charge in [-0.05, 0) is 45.2 Å². The number of nitrogens with zero attached hydrogens (tertiary/aromatic N) is 1. The Morgan fingerprint density at radius 2 is 2.00 bits per heavy atom. The van der Waals surface area contributed by atoms with E-state index in [0.717, 1.165) is 24.5 Å². The van der Waals surface area contributed by atoms with Crippen molar-refractivity contribution in [1.29, 1.82) is 0 Å². The Labute approximate surface area is 88.1 Å². The van der Waals surface area contributed by atoms with Crippen molar-refractivity contribution in [3.8, 4) is 0 Å². The van der Waals surface area contributed by atoms with Gasteiger partial charge in [-0.2, -0.15) is 0 Å². The molecule has 2 heteroatoms. The van der Waals surface area contributed by atoms with Crippen LogP contribution in [0.15, 0.2) is 0 Å². The maximum Gasteiger partial charge on any atom is 0.0107 e. The summed E-state index contributed by atoms with van der Waals surface area (Å²) in [4.78, 5) is 2.58. The van der Waals surface area contributed by atoms with Crippen molar-refractivity contribution >= 4 is 0 Å². The lowest BCUT2D eigenvalue weighted by molar-refractivity contribution is 0.244. The maximum absolute atomic E-state index is 3.63. The number of hydrogen-bond donors (Lipinski definition) is 1. The smallest absolute Gasteiger partial charge is 0.0107 e. The summed E-state index contributed by atoms with van der Waals surface area (Å²) in [6.45, 7) is 4.68. The van der Waals surface area contributed by atoms with Gasteiger partial charge in [0.15, 0.2) is 0 Å². The number of nitrogens with one attached hydrogen (secondary N) is 1. The average molecular weight is 196 g/mol. The monoisotopic (exact) mass is 196 g/mol. The molecule has 0 heterocycles. The van der Waals surface area contributed by atoms with Gasteiger partial charge in [-0.3, -0.25) is 0 Å². The zero-order chi connectivity index (χ0) is 9.97. The fourth-order valence-corrected chi connectivity index (χ4v) is 2.82. The van der Waals surface area contributed by atoms with Crippen molar-refractivity contribution in [2.24, 2.45) is 5.92 Å². The van der Waals surface area contributed by atoms with Gasteiger partial charge >= 0.3 is 0 Å². The second-order valence-electron chi connectivity index (χ2n) is 5.03. The van der Waals surface area contributed by atoms with Crippen LogP contribution in [0.5, 0.6) is 0 Å². The first kappa shape index (κ1) is 10.4. The lowest BCUT2D eigenvalue weighted by Crippen LogP contribution is -2.38. The van der Waals surface area contributed by atoms with Crippen LogP contribution in [0.4, 0.5) is 0 Å². The third kappa shape index (κ3) is 2.48. The van der Waals surface area contributed by atoms with E-state index in [2.05, 4.69) is 24.2 Å². The van der Waals surface area contributed by atoms with Crippen molar-refractivity contribution in [3.63, 3.8) is 0 Å². The molecule has 0 radical (unpaired) electrons. The fourth-order valence-electron chi connectivity index (χ4n) is 2.82. The van der Waals surface area contributed by atoms with E-state index in [1.54, 1.807) is 0 Å². The van der Waals surface area contributed by atoms with Crippen LogP contribution in [0, 0.1) is 5.92 Å². The largest absolute Gasteiger partial charge is 0.314 e. The van der Waals surface area contributed by atoms with Crippen molar-refractivity contribution < 1.29 is 0 Å². The first-order valence-electron chi connectivity index (χ1n) is 6.25. The first-order valence-corrected chi connectivity index (χ1v) is 6.25. The van der Waals surface area contributed by atoms with E-state index in [-0.39, 0.29) is 0 Å². The minimum absolute atomic E-state index is 0.807. The fraction of sp³-hybridized carbons (Fsp3) is 1.00. The molecule has 1 N–H and O–H groups in total. The predicted molar refractivity (Wildman–Crippen MR) is 60.5 cm³/mol. The molecule has 2 nitrogen and oxygen atoms in total. The number of hydrogen-bond acceptors (Lipinski definition) is 2. The minimum Gasteiger partial charge on any atom is -0.314 e. The molecule has 2 unspecified atom stereocenters. The lowest BCUT2D eigenvalue weighted by Gasteiger charge is -2.25. The van der Waals surface area contributed by atoms with Gasteiger partial charge in [-0.15, -0.1) is 0 Å². The Bertz CT molecular complexity index is 177. The summed E-state index contributed by atoms with van der Waals surface area (Å²) in [5.74, 6) is 0.917. The van der Waals surface area contributed by atoms with E-state index in [0.29, 0.717) is 0 Å². The zero-order valence-corrected chi connectivity index (χ0v) is 9.63. The van der Waals surface area contributed by atoms with Gasteiger partial charge in [-0.1, -0.05) is 13.3 Å². The number of rotatable bonds is 5. The molecule has 14 heavy (non-hydrogen) atoms. The van der Waals surface area contributed by atoms with Gasteiger partial charge in [0, 0.05) is 18.6 Å². The molecule has 2 saturated carbocycles. The molecule has 2 rings (SSSR count). The summed E-state index contributed by atoms with van der Waals surface area (Å²) >= 11 is 0. The van der Waals surface area contributed by atoms with Gasteiger partial charge in [-0.25, -0.2) is 0 Å². The summed E-state index contributed by atoms with van der Waals surface area (Å²) in [5.41, 5.74) is 0. The molecule has 2 aliphatic carbocycles. The Hall–Kier alpha value is -0.0800. The van der Waals surface area contributed by atoms with Crippen LogP contribution in [-0.2, 0) is 0 Å². The zero-order valence-electron chi connectivity index (χ0n) is 9.63. The quantitative estimate of drug-likeness (QED) is 0.722. The summed E-state index contributed by atoms with van der Waals surface area (Å²) < 4.78 is 0. The molecule has 0 aromatic heterocycles. The molecule has 0 spiro atoms. The van der Waals surface area contributed by atoms with Crippen LogP contribution in [-0.4, -0.2) is 37.1 Å². The molecule has 2 aliphatic rings. The SMILES string of the molecule is CCNC1CCCC1CN(C)C1CC1. The van der Waals surface area contributed by atoms with Crippen LogP contribution >= 0.6 is 0 Å². The summed E-state index contributed by atoms with van der Waals surface area (Å²) in [6.07, 6.45) is 7.15. The third-order valence-electron chi connectivity index (χ3n) is 3.82. The summed E-state index contributed by atoms with van der Waals surface area (Å²) in [6, 6.07) is 1.74. The Morgan fingerprint density at radius 3 is 2.64 bits per heavy atom. The molecule has 0 amide bonds. The van der Waals surface area contributed by atoms with Crippen molar-refractivity contribution in [2.45, 2.75) is 51.1 Å². The van der Waals surface area contributed by atoms with Crippen LogP contribution < -0.4 is 5.32 Å². The van der Waals surface area contributed by atoms with Crippen molar-refractivity contribution in [3.05, 3.63) is 0 Å². The van der Waals surface area contributed by atoms with Gasteiger partial charge < -0.3 is 10.2 Å². The van der Waals surface area contributed by atoms with E-state index < -0.39 is 0 Å². The van der Waals surface area contributed by atoms with E-state index in [9.17, 15) is 0 Å². The Morgan fingerprint density at radius 1 is 1.21 bits per heavy atom. The lowest BCUT2D eigenvalue weighted by atomic mass is 10.0. The molecule has 0 aliphatic heterocycles. The molecular weight excluding hydrogens is 172 g/mol. The van der Waals surface area contributed by atoms with Gasteiger partial charge in [0.2, 0.25) is 0 Å². The Kier molecular flexibility index (Phi) is 3.45. The normalized spacial score (nSPS) is 32.8. The Balaban J connectivity index is 1.77. The highest BCUT2D eigenvalue weighted by atomic mass is 15.2. The van der Waals surface area contributed by atoms with Crippen molar-refractivity contribution in [1.82, 2.24) is 10.2 Å². The molecule has 0 aromatic carbocycles. The highest BCUT2D eigenvalue weighted by molar-refractivity contribution is 4.89. The second-order valence-corrected chi connectivity index (χ2v) is 5.03. The van der Waals surface area contributed by atoms with E-state index in [4.69, 9.17) is 0 Å². The van der Waals surface area contributed by atoms with E-state index in [1.165, 1.54) is 38.6 Å². The minimum atomic E-state index is 0.807. The molecular formula is C12H24N2. The first-order chi connectivity index (χ1) is 6.81. The molecule has 2 fully saturated rings. The highest BCUT2D eigenvalue weighted by Crippen LogP contribution is 2.31. The molecule has 0 bridgehead atoms. The maximum atomic E-state index is 3.63. The summed E-state index contributed by atoms with van der Waals surface area (Å²) in [7, 11) is 2.30. The van der Waals surface area contributed by atoms with Crippen molar-refractivity contribution in [2.75, 3.05) is 20.1 Å². The predicted octanol–water partition coefficient (Wildman–Crippen LogP) is 1.86. The van der Waals surface area contributed by atoms with Crippen LogP contribution in [0.25, 0.3) is 0 Å². The summed E-state index contributed by atoms with van der Waals surface area (Å²) in [5, 5.41) is 3.63. The molecule has 82 valence electrons. The van der Waals surface area contributed by atoms with Gasteiger partial charge in [0.25, 0.3) is 0 Å². The van der Waals surface area contributed by atoms with Gasteiger partial charge in [0.1, 0.15) is 0 Å². The molecule has 0 saturated heterocycles. The van der Waals surface area contributed by atoms with E-state index in [1.807, 2.05) is 0 Å². The highest BCUT2D eigenvalue weighted by Gasteiger charge is 2.32. The standard InChI is InChI=1S/C12H24N2/c1-3-13-12-6-4-5-10(12)9-14(2)11-7-8-11/h10-13H,3-9H2,1-2H3. The van der Waals surface area contributed by atoms with Crippen LogP contribution in [0.1, 0.15) is 39.0 Å². The van der Waals surface area contributed by atoms with Crippen LogP contribution in [0.3, 0.4) is 0 Å². The average Bonchev–Trinajstić information content (AvgIpc) is 2.93. The van der Waals surface area contributed by atoms with E-state index >= 15 is 0 Å². The topological polar surface area (TPSA) is 15.3 Å². The van der Waals surface area contributed by atoms with Crippen LogP contribution in [0.2, 0.25) is 0 Å². The molecule has 0 aromatic rings. The molecule has 2 atom stereocenters.